The molecule has 2 aromatic rings. The third-order valence-corrected chi connectivity index (χ3v) is 6.00. The number of halogens is 1. The van der Waals surface area contributed by atoms with Gasteiger partial charge in [0.05, 0.1) is 17.2 Å². The Balaban J connectivity index is 1.36. The summed E-state index contributed by atoms with van der Waals surface area (Å²) < 4.78 is 13.1. The number of thiazole rings is 1. The van der Waals surface area contributed by atoms with Gasteiger partial charge in [0.25, 0.3) is 0 Å². The van der Waals surface area contributed by atoms with Crippen molar-refractivity contribution in [2.75, 3.05) is 51.2 Å². The third-order valence-electron chi connectivity index (χ3n) is 4.92. The minimum atomic E-state index is -0.184. The number of rotatable bonds is 6. The van der Waals surface area contributed by atoms with Crippen LogP contribution in [0, 0.1) is 19.7 Å². The van der Waals surface area contributed by atoms with Gasteiger partial charge in [-0.1, -0.05) is 0 Å². The summed E-state index contributed by atoms with van der Waals surface area (Å²) in [6.07, 6.45) is 0. The summed E-state index contributed by atoms with van der Waals surface area (Å²) in [6.45, 7) is 10.6. The number of nitrogens with zero attached hydrogens (tertiary/aromatic N) is 4. The van der Waals surface area contributed by atoms with Crippen molar-refractivity contribution >= 4 is 23.0 Å². The Kier molecular flexibility index (Phi) is 7.22. The van der Waals surface area contributed by atoms with Crippen molar-refractivity contribution in [3.8, 4) is 0 Å². The van der Waals surface area contributed by atoms with E-state index >= 15 is 0 Å². The molecule has 1 aliphatic heterocycles. The van der Waals surface area contributed by atoms with Crippen LogP contribution in [0.5, 0.6) is 0 Å². The lowest BCUT2D eigenvalue weighted by Crippen LogP contribution is -2.49. The molecule has 28 heavy (non-hydrogen) atoms. The second-order valence-corrected chi connectivity index (χ2v) is 8.19. The van der Waals surface area contributed by atoms with E-state index in [4.69, 9.17) is 0 Å². The Morgan fingerprint density at radius 3 is 2.46 bits per heavy atom. The third kappa shape index (κ3) is 5.65. The van der Waals surface area contributed by atoms with Gasteiger partial charge in [-0.3, -0.25) is 9.89 Å². The normalized spacial score (nSPS) is 15.7. The van der Waals surface area contributed by atoms with E-state index in [1.165, 1.54) is 17.0 Å². The molecular weight excluding hydrogens is 375 g/mol. The zero-order valence-corrected chi connectivity index (χ0v) is 17.7. The van der Waals surface area contributed by atoms with Crippen molar-refractivity contribution in [2.45, 2.75) is 20.4 Å². The Morgan fingerprint density at radius 1 is 1.14 bits per heavy atom. The fourth-order valence-corrected chi connectivity index (χ4v) is 4.21. The van der Waals surface area contributed by atoms with Crippen LogP contribution in [0.15, 0.2) is 29.3 Å². The monoisotopic (exact) mass is 404 g/mol. The fraction of sp³-hybridized carbons (Fsp3) is 0.500. The molecule has 2 N–H and O–H groups in total. The fourth-order valence-electron chi connectivity index (χ4n) is 3.34. The molecule has 1 aromatic heterocycles. The van der Waals surface area contributed by atoms with E-state index in [0.29, 0.717) is 0 Å². The van der Waals surface area contributed by atoms with Crippen LogP contribution in [0.2, 0.25) is 0 Å². The lowest BCUT2D eigenvalue weighted by atomic mass is 10.2. The molecule has 1 saturated heterocycles. The van der Waals surface area contributed by atoms with Gasteiger partial charge in [-0.25, -0.2) is 9.37 Å². The highest BCUT2D eigenvalue weighted by molar-refractivity contribution is 7.11. The number of piperazine rings is 1. The molecule has 0 aliphatic carbocycles. The number of anilines is 1. The Hall–Kier alpha value is -2.19. The molecule has 0 atom stereocenters. The summed E-state index contributed by atoms with van der Waals surface area (Å²) in [5.74, 6) is 0.631. The lowest BCUT2D eigenvalue weighted by molar-refractivity contribution is 0.261. The van der Waals surface area contributed by atoms with Gasteiger partial charge in [-0.15, -0.1) is 11.3 Å². The molecule has 1 aromatic carbocycles. The van der Waals surface area contributed by atoms with Gasteiger partial charge >= 0.3 is 0 Å². The smallest absolute Gasteiger partial charge is 0.191 e. The molecule has 0 radical (unpaired) electrons. The first-order valence-electron chi connectivity index (χ1n) is 9.65. The molecule has 8 heteroatoms. The molecule has 0 amide bonds. The first-order valence-corrected chi connectivity index (χ1v) is 10.5. The molecule has 3 rings (SSSR count). The Labute approximate surface area is 170 Å². The number of nitrogens with one attached hydrogen (secondary N) is 2. The van der Waals surface area contributed by atoms with Crippen LogP contribution in [0.1, 0.15) is 15.6 Å². The van der Waals surface area contributed by atoms with Gasteiger partial charge in [-0.2, -0.15) is 0 Å². The van der Waals surface area contributed by atoms with Crippen LogP contribution in [-0.4, -0.2) is 62.2 Å². The van der Waals surface area contributed by atoms with E-state index in [-0.39, 0.29) is 5.82 Å². The number of hydrogen-bond acceptors (Lipinski definition) is 5. The minimum absolute atomic E-state index is 0.184. The van der Waals surface area contributed by atoms with E-state index in [9.17, 15) is 4.39 Å². The van der Waals surface area contributed by atoms with Crippen molar-refractivity contribution in [2.24, 2.45) is 4.99 Å². The molecule has 6 nitrogen and oxygen atoms in total. The predicted molar refractivity (Wildman–Crippen MR) is 115 cm³/mol. The average Bonchev–Trinajstić information content (AvgIpc) is 3.03. The molecule has 2 heterocycles. The largest absolute Gasteiger partial charge is 0.369 e. The van der Waals surface area contributed by atoms with Crippen molar-refractivity contribution in [1.29, 1.82) is 0 Å². The van der Waals surface area contributed by atoms with Crippen molar-refractivity contribution in [3.63, 3.8) is 0 Å². The summed E-state index contributed by atoms with van der Waals surface area (Å²) in [6, 6.07) is 6.77. The second-order valence-electron chi connectivity index (χ2n) is 6.90. The van der Waals surface area contributed by atoms with Crippen LogP contribution >= 0.6 is 11.3 Å². The zero-order chi connectivity index (χ0) is 19.9. The summed E-state index contributed by atoms with van der Waals surface area (Å²) in [4.78, 5) is 14.8. The van der Waals surface area contributed by atoms with Crippen LogP contribution in [0.3, 0.4) is 0 Å². The first-order chi connectivity index (χ1) is 13.5. The Bertz CT molecular complexity index is 780. The van der Waals surface area contributed by atoms with E-state index in [1.807, 2.05) is 26.0 Å². The highest BCUT2D eigenvalue weighted by Crippen LogP contribution is 2.17. The topological polar surface area (TPSA) is 55.8 Å². The first kappa shape index (κ1) is 20.5. The number of aromatic nitrogens is 1. The summed E-state index contributed by atoms with van der Waals surface area (Å²) >= 11 is 1.72. The van der Waals surface area contributed by atoms with E-state index in [2.05, 4.69) is 30.4 Å². The highest BCUT2D eigenvalue weighted by atomic mass is 32.1. The molecule has 0 saturated carbocycles. The van der Waals surface area contributed by atoms with Crippen LogP contribution in [0.25, 0.3) is 0 Å². The molecule has 0 unspecified atom stereocenters. The molecular formula is C20H29FN6S. The highest BCUT2D eigenvalue weighted by Gasteiger charge is 2.17. The lowest BCUT2D eigenvalue weighted by Gasteiger charge is -2.36. The zero-order valence-electron chi connectivity index (χ0n) is 16.8. The van der Waals surface area contributed by atoms with Gasteiger partial charge < -0.3 is 15.5 Å². The standard InChI is InChI=1S/C20H29FN6S/c1-15-19(28-16(2)25-15)14-24-20(22-3)23-8-9-26-10-12-27(13-11-26)18-6-4-17(21)5-7-18/h4-7H,8-14H2,1-3H3,(H2,22,23,24). The van der Waals surface area contributed by atoms with E-state index in [1.54, 1.807) is 18.4 Å². The van der Waals surface area contributed by atoms with Crippen LogP contribution < -0.4 is 15.5 Å². The van der Waals surface area contributed by atoms with Crippen molar-refractivity contribution < 1.29 is 4.39 Å². The van der Waals surface area contributed by atoms with E-state index < -0.39 is 0 Å². The number of hydrogen-bond donors (Lipinski definition) is 2. The minimum Gasteiger partial charge on any atom is -0.369 e. The summed E-state index contributed by atoms with van der Waals surface area (Å²) in [5.41, 5.74) is 2.18. The van der Waals surface area contributed by atoms with Gasteiger partial charge in [0.2, 0.25) is 0 Å². The maximum atomic E-state index is 13.1. The van der Waals surface area contributed by atoms with Gasteiger partial charge in [0.1, 0.15) is 5.82 Å². The maximum Gasteiger partial charge on any atom is 0.191 e. The van der Waals surface area contributed by atoms with E-state index in [0.717, 1.165) is 68.2 Å². The number of benzene rings is 1. The Morgan fingerprint density at radius 2 is 1.86 bits per heavy atom. The molecule has 0 bridgehead atoms. The summed E-state index contributed by atoms with van der Waals surface area (Å²) in [7, 11) is 1.79. The molecule has 1 aliphatic rings. The number of guanidine groups is 1. The quantitative estimate of drug-likeness (QED) is 0.572. The average molecular weight is 405 g/mol. The predicted octanol–water partition coefficient (Wildman–Crippen LogP) is 2.39. The van der Waals surface area contributed by atoms with Crippen molar-refractivity contribution in [1.82, 2.24) is 20.5 Å². The summed E-state index contributed by atoms with van der Waals surface area (Å²) in [5, 5.41) is 7.85. The SMILES string of the molecule is CN=C(NCCN1CCN(c2ccc(F)cc2)CC1)NCc1sc(C)nc1C. The number of aliphatic imine (C=N–C) groups is 1. The van der Waals surface area contributed by atoms with Gasteiger partial charge in [0.15, 0.2) is 5.96 Å². The maximum absolute atomic E-state index is 13.1. The number of aryl methyl sites for hydroxylation is 2. The van der Waals surface area contributed by atoms with Gasteiger partial charge in [-0.05, 0) is 38.1 Å². The second kappa shape index (κ2) is 9.84. The molecule has 0 spiro atoms. The molecule has 152 valence electrons. The van der Waals surface area contributed by atoms with Gasteiger partial charge in [0, 0.05) is 56.9 Å². The van der Waals surface area contributed by atoms with Crippen LogP contribution in [0.4, 0.5) is 10.1 Å². The van der Waals surface area contributed by atoms with Crippen LogP contribution in [-0.2, 0) is 6.54 Å². The van der Waals surface area contributed by atoms with Crippen molar-refractivity contribution in [3.05, 3.63) is 45.7 Å². The molecule has 1 fully saturated rings.